The van der Waals surface area contributed by atoms with E-state index in [0.717, 1.165) is 20.9 Å². The van der Waals surface area contributed by atoms with Crippen molar-refractivity contribution in [1.29, 1.82) is 0 Å². The molecule has 2 N–H and O–H groups in total. The van der Waals surface area contributed by atoms with E-state index in [4.69, 9.17) is 0 Å². The van der Waals surface area contributed by atoms with E-state index in [1.54, 1.807) is 0 Å². The first-order valence-electron chi connectivity index (χ1n) is 6.09. The van der Waals surface area contributed by atoms with Crippen molar-refractivity contribution in [3.63, 3.8) is 0 Å². The number of nitrogens with zero attached hydrogens (tertiary/aromatic N) is 1. The van der Waals surface area contributed by atoms with Gasteiger partial charge in [-0.05, 0) is 31.0 Å². The number of fused-ring (bicyclic) bond motifs is 1. The Kier molecular flexibility index (Phi) is 2.94. The van der Waals surface area contributed by atoms with Crippen LogP contribution in [0, 0.1) is 6.92 Å². The van der Waals surface area contributed by atoms with Gasteiger partial charge in [0.05, 0.1) is 10.2 Å². The van der Waals surface area contributed by atoms with Crippen molar-refractivity contribution in [3.05, 3.63) is 23.8 Å². The number of hydrogen-bond acceptors (Lipinski definition) is 5. The minimum atomic E-state index is -0.376. The van der Waals surface area contributed by atoms with Gasteiger partial charge in [0.15, 0.2) is 5.13 Å². The zero-order valence-corrected chi connectivity index (χ0v) is 11.2. The Morgan fingerprint density at radius 2 is 2.26 bits per heavy atom. The first-order chi connectivity index (χ1) is 9.11. The fourth-order valence-corrected chi connectivity index (χ4v) is 2.98. The molecule has 0 saturated carbocycles. The van der Waals surface area contributed by atoms with Gasteiger partial charge < -0.3 is 5.32 Å². The van der Waals surface area contributed by atoms with E-state index in [2.05, 4.69) is 15.6 Å². The summed E-state index contributed by atoms with van der Waals surface area (Å²) in [5, 5.41) is 6.15. The topological polar surface area (TPSA) is 71.1 Å². The SMILES string of the molecule is Cc1ccc2sc(NC3CCC(=O)NC3=O)nc2c1. The number of anilines is 1. The van der Waals surface area contributed by atoms with Gasteiger partial charge in [0, 0.05) is 6.42 Å². The zero-order valence-electron chi connectivity index (χ0n) is 10.4. The summed E-state index contributed by atoms with van der Waals surface area (Å²) in [5.74, 6) is -0.477. The second kappa shape index (κ2) is 4.62. The fourth-order valence-electron chi connectivity index (χ4n) is 2.08. The highest BCUT2D eigenvalue weighted by Gasteiger charge is 2.27. The highest BCUT2D eigenvalue weighted by Crippen LogP contribution is 2.27. The Morgan fingerprint density at radius 1 is 1.42 bits per heavy atom. The van der Waals surface area contributed by atoms with E-state index in [-0.39, 0.29) is 17.9 Å². The van der Waals surface area contributed by atoms with Gasteiger partial charge in [0.1, 0.15) is 6.04 Å². The van der Waals surface area contributed by atoms with Gasteiger partial charge in [0.2, 0.25) is 11.8 Å². The van der Waals surface area contributed by atoms with Crippen LogP contribution < -0.4 is 10.6 Å². The molecule has 6 heteroatoms. The van der Waals surface area contributed by atoms with E-state index in [0.29, 0.717) is 12.8 Å². The third-order valence-electron chi connectivity index (χ3n) is 3.08. The summed E-state index contributed by atoms with van der Waals surface area (Å²) in [5.41, 5.74) is 2.09. The molecule has 1 aromatic heterocycles. The average molecular weight is 275 g/mol. The first kappa shape index (κ1) is 12.1. The van der Waals surface area contributed by atoms with Crippen LogP contribution in [0.2, 0.25) is 0 Å². The van der Waals surface area contributed by atoms with Gasteiger partial charge in [0.25, 0.3) is 0 Å². The molecule has 5 nitrogen and oxygen atoms in total. The van der Waals surface area contributed by atoms with E-state index in [9.17, 15) is 9.59 Å². The maximum absolute atomic E-state index is 11.7. The number of imide groups is 1. The Hall–Kier alpha value is -1.95. The van der Waals surface area contributed by atoms with Crippen molar-refractivity contribution in [2.45, 2.75) is 25.8 Å². The van der Waals surface area contributed by atoms with Crippen molar-refractivity contribution in [2.24, 2.45) is 0 Å². The van der Waals surface area contributed by atoms with E-state index in [1.165, 1.54) is 11.3 Å². The summed E-state index contributed by atoms with van der Waals surface area (Å²) in [4.78, 5) is 27.2. The molecule has 1 fully saturated rings. The number of carbonyl (C=O) groups excluding carboxylic acids is 2. The lowest BCUT2D eigenvalue weighted by Crippen LogP contribution is -2.47. The van der Waals surface area contributed by atoms with Crippen LogP contribution in [0.4, 0.5) is 5.13 Å². The Bertz CT molecular complexity index is 665. The molecule has 1 unspecified atom stereocenters. The van der Waals surface area contributed by atoms with Crippen LogP contribution >= 0.6 is 11.3 Å². The highest BCUT2D eigenvalue weighted by atomic mass is 32.1. The molecule has 1 saturated heterocycles. The second-order valence-corrected chi connectivity index (χ2v) is 5.67. The quantitative estimate of drug-likeness (QED) is 0.820. The summed E-state index contributed by atoms with van der Waals surface area (Å²) in [6, 6.07) is 5.70. The molecule has 3 rings (SSSR count). The summed E-state index contributed by atoms with van der Waals surface area (Å²) in [6.45, 7) is 2.02. The van der Waals surface area contributed by atoms with Crippen molar-refractivity contribution < 1.29 is 9.59 Å². The molecule has 0 spiro atoms. The van der Waals surface area contributed by atoms with E-state index in [1.807, 2.05) is 25.1 Å². The van der Waals surface area contributed by atoms with Gasteiger partial charge >= 0.3 is 0 Å². The summed E-state index contributed by atoms with van der Waals surface area (Å²) in [6.07, 6.45) is 0.882. The highest BCUT2D eigenvalue weighted by molar-refractivity contribution is 7.22. The van der Waals surface area contributed by atoms with Crippen LogP contribution in [0.5, 0.6) is 0 Å². The van der Waals surface area contributed by atoms with Crippen molar-refractivity contribution in [2.75, 3.05) is 5.32 Å². The number of aromatic nitrogens is 1. The molecule has 98 valence electrons. The zero-order chi connectivity index (χ0) is 13.4. The molecule has 2 heterocycles. The molecule has 1 aromatic carbocycles. The number of benzene rings is 1. The molecule has 0 radical (unpaired) electrons. The Morgan fingerprint density at radius 3 is 3.05 bits per heavy atom. The van der Waals surface area contributed by atoms with Gasteiger partial charge in [-0.2, -0.15) is 0 Å². The normalized spacial score (nSPS) is 19.5. The summed E-state index contributed by atoms with van der Waals surface area (Å²) >= 11 is 1.52. The van der Waals surface area contributed by atoms with Crippen LogP contribution in [0.3, 0.4) is 0 Å². The number of amides is 2. The summed E-state index contributed by atoms with van der Waals surface area (Å²) < 4.78 is 1.08. The summed E-state index contributed by atoms with van der Waals surface area (Å²) in [7, 11) is 0. The third kappa shape index (κ3) is 2.44. The number of nitrogens with one attached hydrogen (secondary N) is 2. The smallest absolute Gasteiger partial charge is 0.249 e. The van der Waals surface area contributed by atoms with Gasteiger partial charge in [-0.25, -0.2) is 4.98 Å². The molecular formula is C13H13N3O2S. The standard InChI is InChI=1S/C13H13N3O2S/c1-7-2-4-10-9(6-7)15-13(19-10)14-8-3-5-11(17)16-12(8)18/h2,4,6,8H,3,5H2,1H3,(H,14,15)(H,16,17,18). The Labute approximate surface area is 114 Å². The number of piperidine rings is 1. The van der Waals surface area contributed by atoms with Crippen LogP contribution in [-0.4, -0.2) is 22.8 Å². The maximum Gasteiger partial charge on any atom is 0.249 e. The number of aryl methyl sites for hydroxylation is 1. The predicted octanol–water partition coefficient (Wildman–Crippen LogP) is 1.82. The third-order valence-corrected chi connectivity index (χ3v) is 4.05. The second-order valence-electron chi connectivity index (χ2n) is 4.64. The predicted molar refractivity (Wildman–Crippen MR) is 74.2 cm³/mol. The minimum absolute atomic E-state index is 0.206. The first-order valence-corrected chi connectivity index (χ1v) is 6.91. The van der Waals surface area contributed by atoms with Gasteiger partial charge in [-0.3, -0.25) is 14.9 Å². The van der Waals surface area contributed by atoms with Crippen molar-refractivity contribution in [1.82, 2.24) is 10.3 Å². The van der Waals surface area contributed by atoms with Crippen LogP contribution in [0.15, 0.2) is 18.2 Å². The van der Waals surface area contributed by atoms with Gasteiger partial charge in [-0.1, -0.05) is 17.4 Å². The molecule has 1 aliphatic rings. The number of carbonyl (C=O) groups is 2. The number of thiazole rings is 1. The largest absolute Gasteiger partial charge is 0.350 e. The molecule has 0 aliphatic carbocycles. The lowest BCUT2D eigenvalue weighted by molar-refractivity contribution is -0.133. The van der Waals surface area contributed by atoms with E-state index < -0.39 is 0 Å². The van der Waals surface area contributed by atoms with Crippen LogP contribution in [0.1, 0.15) is 18.4 Å². The molecule has 1 atom stereocenters. The van der Waals surface area contributed by atoms with Crippen LogP contribution in [0.25, 0.3) is 10.2 Å². The Balaban J connectivity index is 1.81. The molecule has 2 aromatic rings. The van der Waals surface area contributed by atoms with Crippen molar-refractivity contribution in [3.8, 4) is 0 Å². The lowest BCUT2D eigenvalue weighted by Gasteiger charge is -2.21. The molecule has 2 amide bonds. The molecular weight excluding hydrogens is 262 g/mol. The minimum Gasteiger partial charge on any atom is -0.350 e. The molecule has 1 aliphatic heterocycles. The monoisotopic (exact) mass is 275 g/mol. The van der Waals surface area contributed by atoms with Gasteiger partial charge in [-0.15, -0.1) is 0 Å². The average Bonchev–Trinajstić information content (AvgIpc) is 2.74. The van der Waals surface area contributed by atoms with E-state index >= 15 is 0 Å². The number of rotatable bonds is 2. The fraction of sp³-hybridized carbons (Fsp3) is 0.308. The molecule has 0 bridgehead atoms. The molecule has 19 heavy (non-hydrogen) atoms. The number of hydrogen-bond donors (Lipinski definition) is 2. The van der Waals surface area contributed by atoms with Crippen molar-refractivity contribution >= 4 is 38.5 Å². The lowest BCUT2D eigenvalue weighted by atomic mass is 10.1. The van der Waals surface area contributed by atoms with Crippen LogP contribution in [-0.2, 0) is 9.59 Å². The maximum atomic E-state index is 11.7.